The highest BCUT2D eigenvalue weighted by molar-refractivity contribution is 5.79. The number of amides is 1. The normalized spacial score (nSPS) is 15.9. The van der Waals surface area contributed by atoms with Gasteiger partial charge in [-0.25, -0.2) is 19.6 Å². The Kier molecular flexibility index (Phi) is 7.11. The molecular formula is C22H27N7O3. The fraction of sp³-hybridized carbons (Fsp3) is 0.409. The highest BCUT2D eigenvalue weighted by Gasteiger charge is 2.26. The van der Waals surface area contributed by atoms with Crippen molar-refractivity contribution in [1.82, 2.24) is 30.0 Å². The Morgan fingerprint density at radius 2 is 1.91 bits per heavy atom. The number of nitrogens with zero attached hydrogens (tertiary/aromatic N) is 6. The quantitative estimate of drug-likeness (QED) is 0.506. The molecule has 1 unspecified atom stereocenters. The minimum absolute atomic E-state index is 0.0375. The highest BCUT2D eigenvalue weighted by Crippen LogP contribution is 2.22. The first-order valence-corrected chi connectivity index (χ1v) is 10.8. The Morgan fingerprint density at radius 3 is 2.66 bits per heavy atom. The molecule has 0 spiro atoms. The average Bonchev–Trinajstić information content (AvgIpc) is 3.38. The molecular weight excluding hydrogens is 410 g/mol. The molecule has 1 saturated heterocycles. The number of anilines is 1. The van der Waals surface area contributed by atoms with Gasteiger partial charge in [0.25, 0.3) is 0 Å². The number of ether oxygens (including phenoxy) is 2. The SMILES string of the molecule is CCOc1ccc(OCCNC(=O)C2CCCN(c3cc(-n4cncn4)ncn3)C2)cc1. The predicted molar refractivity (Wildman–Crippen MR) is 118 cm³/mol. The van der Waals surface area contributed by atoms with Crippen LogP contribution in [0.5, 0.6) is 11.5 Å². The zero-order chi connectivity index (χ0) is 22.2. The summed E-state index contributed by atoms with van der Waals surface area (Å²) in [6.07, 6.45) is 6.33. The van der Waals surface area contributed by atoms with E-state index in [-0.39, 0.29) is 11.8 Å². The Labute approximate surface area is 186 Å². The van der Waals surface area contributed by atoms with Crippen LogP contribution in [0.2, 0.25) is 0 Å². The Morgan fingerprint density at radius 1 is 1.12 bits per heavy atom. The third-order valence-electron chi connectivity index (χ3n) is 5.21. The Bertz CT molecular complexity index is 995. The molecule has 10 heteroatoms. The van der Waals surface area contributed by atoms with E-state index in [1.54, 1.807) is 11.0 Å². The maximum Gasteiger partial charge on any atom is 0.225 e. The minimum Gasteiger partial charge on any atom is -0.494 e. The van der Waals surface area contributed by atoms with Crippen LogP contribution in [-0.4, -0.2) is 63.5 Å². The van der Waals surface area contributed by atoms with Gasteiger partial charge in [-0.05, 0) is 44.0 Å². The molecule has 168 valence electrons. The summed E-state index contributed by atoms with van der Waals surface area (Å²) in [5, 5.41) is 7.10. The largest absolute Gasteiger partial charge is 0.494 e. The van der Waals surface area contributed by atoms with Crippen LogP contribution in [0.1, 0.15) is 19.8 Å². The van der Waals surface area contributed by atoms with E-state index in [9.17, 15) is 4.79 Å². The van der Waals surface area contributed by atoms with E-state index in [1.807, 2.05) is 37.3 Å². The van der Waals surface area contributed by atoms with Crippen molar-refractivity contribution in [3.8, 4) is 17.3 Å². The van der Waals surface area contributed by atoms with Crippen molar-refractivity contribution in [3.63, 3.8) is 0 Å². The summed E-state index contributed by atoms with van der Waals surface area (Å²) in [7, 11) is 0. The summed E-state index contributed by atoms with van der Waals surface area (Å²) in [6.45, 7) is 4.89. The first-order valence-electron chi connectivity index (χ1n) is 10.8. The third kappa shape index (κ3) is 5.51. The molecule has 10 nitrogen and oxygen atoms in total. The van der Waals surface area contributed by atoms with Crippen LogP contribution in [0.25, 0.3) is 5.82 Å². The lowest BCUT2D eigenvalue weighted by Gasteiger charge is -2.32. The van der Waals surface area contributed by atoms with E-state index in [1.165, 1.54) is 12.7 Å². The van der Waals surface area contributed by atoms with Crippen molar-refractivity contribution in [3.05, 3.63) is 49.3 Å². The van der Waals surface area contributed by atoms with E-state index in [2.05, 4.69) is 30.3 Å². The summed E-state index contributed by atoms with van der Waals surface area (Å²) in [6, 6.07) is 9.33. The molecule has 1 fully saturated rings. The summed E-state index contributed by atoms with van der Waals surface area (Å²) in [5.74, 6) is 2.92. The second-order valence-corrected chi connectivity index (χ2v) is 7.40. The average molecular weight is 438 g/mol. The van der Waals surface area contributed by atoms with Gasteiger partial charge >= 0.3 is 0 Å². The fourth-order valence-corrected chi connectivity index (χ4v) is 3.65. The van der Waals surface area contributed by atoms with Gasteiger partial charge in [0.05, 0.1) is 19.1 Å². The van der Waals surface area contributed by atoms with Gasteiger partial charge in [-0.15, -0.1) is 0 Å². The van der Waals surface area contributed by atoms with Crippen LogP contribution in [-0.2, 0) is 4.79 Å². The summed E-state index contributed by atoms with van der Waals surface area (Å²) in [4.78, 5) is 27.4. The number of hydrogen-bond donors (Lipinski definition) is 1. The summed E-state index contributed by atoms with van der Waals surface area (Å²) in [5.41, 5.74) is 0. The molecule has 1 aliphatic heterocycles. The fourth-order valence-electron chi connectivity index (χ4n) is 3.65. The monoisotopic (exact) mass is 437 g/mol. The lowest BCUT2D eigenvalue weighted by Crippen LogP contribution is -2.44. The van der Waals surface area contributed by atoms with Crippen LogP contribution in [0.4, 0.5) is 5.82 Å². The van der Waals surface area contributed by atoms with Gasteiger partial charge < -0.3 is 19.7 Å². The molecule has 1 amide bonds. The lowest BCUT2D eigenvalue weighted by molar-refractivity contribution is -0.125. The smallest absolute Gasteiger partial charge is 0.225 e. The van der Waals surface area contributed by atoms with Crippen molar-refractivity contribution >= 4 is 11.7 Å². The molecule has 1 N–H and O–H groups in total. The molecule has 1 aromatic carbocycles. The van der Waals surface area contributed by atoms with Gasteiger partial charge in [-0.3, -0.25) is 4.79 Å². The van der Waals surface area contributed by atoms with Crippen LogP contribution in [0, 0.1) is 5.92 Å². The van der Waals surface area contributed by atoms with Crippen molar-refractivity contribution in [2.24, 2.45) is 5.92 Å². The van der Waals surface area contributed by atoms with Crippen molar-refractivity contribution < 1.29 is 14.3 Å². The van der Waals surface area contributed by atoms with Crippen LogP contribution in [0.15, 0.2) is 49.3 Å². The zero-order valence-electron chi connectivity index (χ0n) is 18.1. The lowest BCUT2D eigenvalue weighted by atomic mass is 9.97. The maximum atomic E-state index is 12.7. The second kappa shape index (κ2) is 10.6. The number of aromatic nitrogens is 5. The molecule has 0 saturated carbocycles. The number of rotatable bonds is 9. The first-order chi connectivity index (χ1) is 15.7. The zero-order valence-corrected chi connectivity index (χ0v) is 18.1. The van der Waals surface area contributed by atoms with E-state index >= 15 is 0 Å². The predicted octanol–water partition coefficient (Wildman–Crippen LogP) is 1.87. The molecule has 0 bridgehead atoms. The van der Waals surface area contributed by atoms with Gasteiger partial charge in [0.1, 0.15) is 42.9 Å². The molecule has 1 atom stereocenters. The van der Waals surface area contributed by atoms with E-state index in [0.717, 1.165) is 36.7 Å². The summed E-state index contributed by atoms with van der Waals surface area (Å²) >= 11 is 0. The third-order valence-corrected chi connectivity index (χ3v) is 5.21. The van der Waals surface area contributed by atoms with Gasteiger partial charge in [-0.2, -0.15) is 5.10 Å². The van der Waals surface area contributed by atoms with Crippen molar-refractivity contribution in [2.45, 2.75) is 19.8 Å². The van der Waals surface area contributed by atoms with Crippen LogP contribution >= 0.6 is 0 Å². The maximum absolute atomic E-state index is 12.7. The summed E-state index contributed by atoms with van der Waals surface area (Å²) < 4.78 is 12.7. The second-order valence-electron chi connectivity index (χ2n) is 7.40. The van der Waals surface area contributed by atoms with E-state index < -0.39 is 0 Å². The number of piperidine rings is 1. The van der Waals surface area contributed by atoms with Gasteiger partial charge in [0.2, 0.25) is 5.91 Å². The van der Waals surface area contributed by atoms with Gasteiger partial charge in [0, 0.05) is 19.2 Å². The topological polar surface area (TPSA) is 107 Å². The Balaban J connectivity index is 1.25. The number of benzene rings is 1. The molecule has 1 aliphatic rings. The van der Waals surface area contributed by atoms with Crippen molar-refractivity contribution in [2.75, 3.05) is 37.7 Å². The first kappa shape index (κ1) is 21.5. The molecule has 4 rings (SSSR count). The molecule has 32 heavy (non-hydrogen) atoms. The van der Waals surface area contributed by atoms with Crippen LogP contribution < -0.4 is 19.7 Å². The highest BCUT2D eigenvalue weighted by atomic mass is 16.5. The number of carbonyl (C=O) groups is 1. The Hall–Kier alpha value is -3.69. The number of hydrogen-bond acceptors (Lipinski definition) is 8. The number of carbonyl (C=O) groups excluding carboxylic acids is 1. The van der Waals surface area contributed by atoms with E-state index in [4.69, 9.17) is 9.47 Å². The van der Waals surface area contributed by atoms with Gasteiger partial charge in [-0.1, -0.05) is 0 Å². The molecule has 0 aliphatic carbocycles. The molecule has 2 aromatic heterocycles. The molecule has 0 radical (unpaired) electrons. The minimum atomic E-state index is -0.0981. The van der Waals surface area contributed by atoms with Crippen LogP contribution in [0.3, 0.4) is 0 Å². The van der Waals surface area contributed by atoms with Crippen molar-refractivity contribution in [1.29, 1.82) is 0 Å². The molecule has 3 aromatic rings. The molecule has 3 heterocycles. The number of nitrogens with one attached hydrogen (secondary N) is 1. The van der Waals surface area contributed by atoms with Gasteiger partial charge in [0.15, 0.2) is 5.82 Å². The van der Waals surface area contributed by atoms with E-state index in [0.29, 0.717) is 32.1 Å². The standard InChI is InChI=1S/C22H27N7O3/c1-2-31-18-5-7-19(8-6-18)32-11-9-24-22(30)17-4-3-10-28(13-17)20-12-21(26-15-25-20)29-16-23-14-27-29/h5-8,12,14-17H,2-4,9-11,13H2,1H3,(H,24,30).